The molecule has 1 aliphatic carbocycles. The van der Waals surface area contributed by atoms with E-state index in [1.165, 1.54) is 25.7 Å². The first-order valence-electron chi connectivity index (χ1n) is 5.54. The van der Waals surface area contributed by atoms with Crippen LogP contribution in [0.3, 0.4) is 0 Å². The molecule has 1 aliphatic rings. The van der Waals surface area contributed by atoms with E-state index in [2.05, 4.69) is 0 Å². The van der Waals surface area contributed by atoms with Crippen molar-refractivity contribution in [3.63, 3.8) is 0 Å². The van der Waals surface area contributed by atoms with Crippen LogP contribution >= 0.6 is 0 Å². The summed E-state index contributed by atoms with van der Waals surface area (Å²) >= 11 is 0. The molecule has 0 aromatic rings. The van der Waals surface area contributed by atoms with Gasteiger partial charge in [-0.3, -0.25) is 4.79 Å². The third-order valence-electron chi connectivity index (χ3n) is 2.62. The summed E-state index contributed by atoms with van der Waals surface area (Å²) in [4.78, 5) is 11.3. The van der Waals surface area contributed by atoms with Gasteiger partial charge in [-0.05, 0) is 38.1 Å². The molecule has 2 heteroatoms. The van der Waals surface area contributed by atoms with Crippen LogP contribution in [0.4, 0.5) is 0 Å². The predicted molar refractivity (Wildman–Crippen MR) is 54.5 cm³/mol. The first-order valence-corrected chi connectivity index (χ1v) is 5.54. The van der Waals surface area contributed by atoms with Gasteiger partial charge in [0.25, 0.3) is 0 Å². The third-order valence-corrected chi connectivity index (χ3v) is 2.62. The van der Waals surface area contributed by atoms with Crippen molar-refractivity contribution in [2.45, 2.75) is 51.4 Å². The maximum atomic E-state index is 11.3. The van der Waals surface area contributed by atoms with Crippen LogP contribution < -0.4 is 5.73 Å². The minimum absolute atomic E-state index is 0.482. The second-order valence-electron chi connectivity index (χ2n) is 4.14. The number of Topliss-reactive ketones (excluding diaryl/α,β-unsaturated/α-hetero) is 1. The summed E-state index contributed by atoms with van der Waals surface area (Å²) in [6, 6.07) is 0. The van der Waals surface area contributed by atoms with Crippen molar-refractivity contribution in [3.05, 3.63) is 0 Å². The Labute approximate surface area is 80.9 Å². The molecule has 1 rings (SSSR count). The molecular weight excluding hydrogens is 162 g/mol. The van der Waals surface area contributed by atoms with Gasteiger partial charge in [-0.2, -0.15) is 0 Å². The Kier molecular flexibility index (Phi) is 5.06. The minimum atomic E-state index is 0.482. The van der Waals surface area contributed by atoms with E-state index in [1.54, 1.807) is 0 Å². The Morgan fingerprint density at radius 3 is 2.46 bits per heavy atom. The largest absolute Gasteiger partial charge is 0.330 e. The molecule has 0 bridgehead atoms. The minimum Gasteiger partial charge on any atom is -0.330 e. The van der Waals surface area contributed by atoms with Gasteiger partial charge in [0.05, 0.1) is 0 Å². The van der Waals surface area contributed by atoms with Gasteiger partial charge in [0.1, 0.15) is 5.78 Å². The highest BCUT2D eigenvalue weighted by molar-refractivity contribution is 5.78. The number of unbranched alkanes of at least 4 members (excludes halogenated alkanes) is 3. The van der Waals surface area contributed by atoms with Crippen LogP contribution in [0.5, 0.6) is 0 Å². The molecule has 0 aromatic carbocycles. The molecule has 0 atom stereocenters. The zero-order valence-electron chi connectivity index (χ0n) is 8.43. The molecule has 0 heterocycles. The van der Waals surface area contributed by atoms with Gasteiger partial charge in [-0.25, -0.2) is 0 Å². The Bertz CT molecular complexity index is 152. The molecule has 0 unspecified atom stereocenters. The number of hydrogen-bond acceptors (Lipinski definition) is 2. The summed E-state index contributed by atoms with van der Waals surface area (Å²) in [7, 11) is 0. The molecule has 2 nitrogen and oxygen atoms in total. The number of ketones is 1. The summed E-state index contributed by atoms with van der Waals surface area (Å²) in [5.74, 6) is 1.24. The van der Waals surface area contributed by atoms with Gasteiger partial charge in [-0.15, -0.1) is 0 Å². The van der Waals surface area contributed by atoms with Crippen molar-refractivity contribution in [1.29, 1.82) is 0 Å². The SMILES string of the molecule is NCCCCCCC(=O)CC1CC1. The number of carbonyl (C=O) groups is 1. The lowest BCUT2D eigenvalue weighted by Crippen LogP contribution is -2.00. The van der Waals surface area contributed by atoms with Gasteiger partial charge >= 0.3 is 0 Å². The highest BCUT2D eigenvalue weighted by Gasteiger charge is 2.23. The van der Waals surface area contributed by atoms with E-state index in [4.69, 9.17) is 5.73 Å². The molecule has 0 radical (unpaired) electrons. The normalized spacial score (nSPS) is 16.1. The average molecular weight is 183 g/mol. The zero-order chi connectivity index (χ0) is 9.52. The molecule has 0 spiro atoms. The van der Waals surface area contributed by atoms with Crippen LogP contribution in [0.15, 0.2) is 0 Å². The fraction of sp³-hybridized carbons (Fsp3) is 0.909. The lowest BCUT2D eigenvalue weighted by atomic mass is 10.1. The topological polar surface area (TPSA) is 43.1 Å². The van der Waals surface area contributed by atoms with Crippen molar-refractivity contribution in [2.24, 2.45) is 11.7 Å². The number of hydrogen-bond donors (Lipinski definition) is 1. The predicted octanol–water partition coefficient (Wildman–Crippen LogP) is 2.26. The van der Waals surface area contributed by atoms with Crippen molar-refractivity contribution >= 4 is 5.78 Å². The second-order valence-corrected chi connectivity index (χ2v) is 4.14. The van der Waals surface area contributed by atoms with Gasteiger partial charge in [0.2, 0.25) is 0 Å². The van der Waals surface area contributed by atoms with Crippen molar-refractivity contribution in [2.75, 3.05) is 6.54 Å². The summed E-state index contributed by atoms with van der Waals surface area (Å²) in [6.07, 6.45) is 8.79. The maximum Gasteiger partial charge on any atom is 0.133 e. The molecule has 1 saturated carbocycles. The highest BCUT2D eigenvalue weighted by Crippen LogP contribution is 2.32. The smallest absolute Gasteiger partial charge is 0.133 e. The lowest BCUT2D eigenvalue weighted by Gasteiger charge is -1.99. The number of carbonyl (C=O) groups excluding carboxylic acids is 1. The summed E-state index contributed by atoms with van der Waals surface area (Å²) in [5.41, 5.74) is 5.38. The molecule has 76 valence electrons. The number of rotatable bonds is 8. The quantitative estimate of drug-likeness (QED) is 0.586. The molecule has 13 heavy (non-hydrogen) atoms. The van der Waals surface area contributed by atoms with Gasteiger partial charge in [0.15, 0.2) is 0 Å². The molecule has 0 saturated heterocycles. The van der Waals surface area contributed by atoms with E-state index in [0.717, 1.165) is 38.1 Å². The fourth-order valence-corrected chi connectivity index (χ4v) is 1.57. The van der Waals surface area contributed by atoms with E-state index in [9.17, 15) is 4.79 Å². The highest BCUT2D eigenvalue weighted by atomic mass is 16.1. The Morgan fingerprint density at radius 1 is 1.15 bits per heavy atom. The van der Waals surface area contributed by atoms with Gasteiger partial charge < -0.3 is 5.73 Å². The van der Waals surface area contributed by atoms with Gasteiger partial charge in [-0.1, -0.05) is 12.8 Å². The monoisotopic (exact) mass is 183 g/mol. The summed E-state index contributed by atoms with van der Waals surface area (Å²) in [6.45, 7) is 0.788. The molecule has 1 fully saturated rings. The van der Waals surface area contributed by atoms with Crippen LogP contribution in [0.2, 0.25) is 0 Å². The second kappa shape index (κ2) is 6.14. The maximum absolute atomic E-state index is 11.3. The fourth-order valence-electron chi connectivity index (χ4n) is 1.57. The Hall–Kier alpha value is -0.370. The molecule has 0 amide bonds. The van der Waals surface area contributed by atoms with Crippen molar-refractivity contribution in [3.8, 4) is 0 Å². The Balaban J connectivity index is 1.83. The standard InChI is InChI=1S/C11H21NO/c12-8-4-2-1-3-5-11(13)9-10-6-7-10/h10H,1-9,12H2. The van der Waals surface area contributed by atoms with E-state index in [1.807, 2.05) is 0 Å². The lowest BCUT2D eigenvalue weighted by molar-refractivity contribution is -0.119. The molecular formula is C11H21NO. The summed E-state index contributed by atoms with van der Waals surface area (Å²) in [5, 5.41) is 0. The summed E-state index contributed by atoms with van der Waals surface area (Å²) < 4.78 is 0. The van der Waals surface area contributed by atoms with Crippen LogP contribution in [-0.2, 0) is 4.79 Å². The van der Waals surface area contributed by atoms with Crippen LogP contribution in [0.25, 0.3) is 0 Å². The van der Waals surface area contributed by atoms with Crippen molar-refractivity contribution < 1.29 is 4.79 Å². The van der Waals surface area contributed by atoms with E-state index >= 15 is 0 Å². The molecule has 2 N–H and O–H groups in total. The third kappa shape index (κ3) is 5.81. The van der Waals surface area contributed by atoms with Gasteiger partial charge in [0, 0.05) is 12.8 Å². The first kappa shape index (κ1) is 10.7. The molecule has 0 aliphatic heterocycles. The average Bonchev–Trinajstić information content (AvgIpc) is 2.88. The van der Waals surface area contributed by atoms with E-state index < -0.39 is 0 Å². The molecule has 0 aromatic heterocycles. The van der Waals surface area contributed by atoms with Crippen LogP contribution in [0, 0.1) is 5.92 Å². The van der Waals surface area contributed by atoms with E-state index in [0.29, 0.717) is 5.78 Å². The first-order chi connectivity index (χ1) is 6.33. The number of nitrogens with two attached hydrogens (primary N) is 1. The van der Waals surface area contributed by atoms with Crippen LogP contribution in [-0.4, -0.2) is 12.3 Å². The van der Waals surface area contributed by atoms with E-state index in [-0.39, 0.29) is 0 Å². The van der Waals surface area contributed by atoms with Crippen molar-refractivity contribution in [1.82, 2.24) is 0 Å². The zero-order valence-corrected chi connectivity index (χ0v) is 8.43. The Morgan fingerprint density at radius 2 is 1.85 bits per heavy atom. The van der Waals surface area contributed by atoms with Crippen LogP contribution in [0.1, 0.15) is 51.4 Å².